The molecule has 3 nitrogen and oxygen atoms in total. The van der Waals surface area contributed by atoms with Crippen LogP contribution < -0.4 is 0 Å². The van der Waals surface area contributed by atoms with Crippen molar-refractivity contribution in [1.82, 2.24) is 0 Å². The molecule has 6 heteroatoms. The molecule has 6 heavy (non-hydrogen) atoms. The molecule has 0 fully saturated rings. The predicted octanol–water partition coefficient (Wildman–Crippen LogP) is -0.364. The average molecular weight is 262 g/mol. The fourth-order valence-electron chi connectivity index (χ4n) is 0. The summed E-state index contributed by atoms with van der Waals surface area (Å²) in [6.45, 7) is 0. The van der Waals surface area contributed by atoms with Gasteiger partial charge in [0.05, 0.1) is 0 Å². The summed E-state index contributed by atoms with van der Waals surface area (Å²) in [5, 5.41) is 0. The van der Waals surface area contributed by atoms with Crippen LogP contribution >= 0.6 is 0 Å². The van der Waals surface area contributed by atoms with Gasteiger partial charge in [-0.05, 0) is 0 Å². The van der Waals surface area contributed by atoms with E-state index in [2.05, 4.69) is 0 Å². The van der Waals surface area contributed by atoms with Crippen LogP contribution in [0.3, 0.4) is 0 Å². The van der Waals surface area contributed by atoms with E-state index in [0.717, 1.165) is 0 Å². The molecule has 0 aliphatic rings. The summed E-state index contributed by atoms with van der Waals surface area (Å²) in [6, 6.07) is 0. The zero-order valence-corrected chi connectivity index (χ0v) is 6.32. The predicted molar refractivity (Wildman–Crippen MR) is 2.06 cm³/mol. The number of rotatable bonds is 0. The Morgan fingerprint density at radius 1 is 0.667 bits per heavy atom. The number of hydrogen-bond donors (Lipinski definition) is 0. The second-order valence-corrected chi connectivity index (χ2v) is 0. The monoisotopic (exact) mass is 263 g/mol. The van der Waals surface area contributed by atoms with E-state index in [1.165, 1.54) is 0 Å². The van der Waals surface area contributed by atoms with Crippen molar-refractivity contribution in [2.24, 2.45) is 0 Å². The fraction of sp³-hybridized carbons (Fsp3) is 0. The van der Waals surface area contributed by atoms with Gasteiger partial charge in [-0.25, -0.2) is 0 Å². The number of hydrogen-bond acceptors (Lipinski definition) is 0. The van der Waals surface area contributed by atoms with Crippen LogP contribution in [0.4, 0.5) is 0 Å². The van der Waals surface area contributed by atoms with Crippen molar-refractivity contribution < 1.29 is 70.8 Å². The van der Waals surface area contributed by atoms with Crippen molar-refractivity contribution in [3.63, 3.8) is 0 Å². The second-order valence-electron chi connectivity index (χ2n) is 0. The van der Waals surface area contributed by atoms with E-state index in [1.807, 2.05) is 0 Å². The summed E-state index contributed by atoms with van der Waals surface area (Å²) < 4.78 is 0. The van der Waals surface area contributed by atoms with Gasteiger partial charge in [0.25, 0.3) is 0 Å². The minimum Gasteiger partial charge on any atom is -2.00 e. The summed E-state index contributed by atoms with van der Waals surface area (Å²) in [7, 11) is 0. The van der Waals surface area contributed by atoms with Crippen molar-refractivity contribution in [2.75, 3.05) is 0 Å². The molecule has 0 bridgehead atoms. The summed E-state index contributed by atoms with van der Waals surface area (Å²) in [5.74, 6) is 0. The second kappa shape index (κ2) is 82.8. The van der Waals surface area contributed by atoms with Crippen LogP contribution in [-0.2, 0) is 70.8 Å². The maximum atomic E-state index is 0. The summed E-state index contributed by atoms with van der Waals surface area (Å²) in [6.07, 6.45) is 0. The fourth-order valence-corrected chi connectivity index (χ4v) is 0. The standard InChI is InChI=1S/Co.Mo.Ni.3O/q;;;3*-2. The molecule has 0 aromatic heterocycles. The first-order chi connectivity index (χ1) is 0. The Bertz CT molecular complexity index is 10.8. The Morgan fingerprint density at radius 3 is 0.667 bits per heavy atom. The van der Waals surface area contributed by atoms with Crippen molar-refractivity contribution in [1.29, 1.82) is 0 Å². The summed E-state index contributed by atoms with van der Waals surface area (Å²) in [5.41, 5.74) is 0. The maximum Gasteiger partial charge on any atom is 0 e. The van der Waals surface area contributed by atoms with E-state index < -0.39 is 0 Å². The van der Waals surface area contributed by atoms with Crippen LogP contribution in [-0.4, -0.2) is 0 Å². The Hall–Kier alpha value is 1.57. The van der Waals surface area contributed by atoms with Crippen LogP contribution in [0.1, 0.15) is 0 Å². The summed E-state index contributed by atoms with van der Waals surface area (Å²) >= 11 is 0. The van der Waals surface area contributed by atoms with Crippen LogP contribution in [0, 0.1) is 0 Å². The molecule has 49 valence electrons. The largest absolute Gasteiger partial charge is 2.00 e. The summed E-state index contributed by atoms with van der Waals surface area (Å²) in [4.78, 5) is 0. The van der Waals surface area contributed by atoms with Gasteiger partial charge in [0.15, 0.2) is 0 Å². The van der Waals surface area contributed by atoms with E-state index in [4.69, 9.17) is 0 Å². The Balaban J connectivity index is 0. The molecule has 0 aromatic carbocycles. The molecule has 1 radical (unpaired) electrons. The van der Waals surface area contributed by atoms with Gasteiger partial charge in [-0.15, -0.1) is 0 Å². The molecule has 0 aliphatic heterocycles. The Labute approximate surface area is 70.6 Å². The molecule has 0 atom stereocenters. The smallest absolute Gasteiger partial charge is 0 e. The van der Waals surface area contributed by atoms with Crippen LogP contribution in [0.5, 0.6) is 0 Å². The zero-order valence-electron chi connectivity index (χ0n) is 2.28. The zero-order chi connectivity index (χ0) is 0. The van der Waals surface area contributed by atoms with Crippen LogP contribution in [0.2, 0.25) is 0 Å². The van der Waals surface area contributed by atoms with Gasteiger partial charge < -0.3 is 16.4 Å². The normalized spacial score (nSPS) is 0. The van der Waals surface area contributed by atoms with E-state index in [1.54, 1.807) is 0 Å². The van der Waals surface area contributed by atoms with E-state index in [-0.39, 0.29) is 70.8 Å². The third kappa shape index (κ3) is 47.2. The van der Waals surface area contributed by atoms with Gasteiger partial charge in [0, 0.05) is 54.3 Å². The Kier molecular flexibility index (Phi) is 1830. The van der Waals surface area contributed by atoms with Crippen molar-refractivity contribution in [3.8, 4) is 0 Å². The third-order valence-electron chi connectivity index (χ3n) is 0. The third-order valence-corrected chi connectivity index (χ3v) is 0. The van der Waals surface area contributed by atoms with Gasteiger partial charge in [0.2, 0.25) is 0 Å². The maximum absolute atomic E-state index is 0. The van der Waals surface area contributed by atoms with Crippen molar-refractivity contribution in [3.05, 3.63) is 0 Å². The first kappa shape index (κ1) is 133. The molecule has 0 amide bonds. The molecular formula is CoMoNiO3-6. The molecular weight excluding hydrogens is 262 g/mol. The molecule has 0 rings (SSSR count). The van der Waals surface area contributed by atoms with Crippen molar-refractivity contribution in [2.45, 2.75) is 0 Å². The van der Waals surface area contributed by atoms with Crippen LogP contribution in [0.25, 0.3) is 0 Å². The average Bonchev–Trinajstić information content (AvgIpc) is 0. The molecule has 0 unspecified atom stereocenters. The van der Waals surface area contributed by atoms with Gasteiger partial charge in [0.1, 0.15) is 0 Å². The van der Waals surface area contributed by atoms with Gasteiger partial charge in [-0.3, -0.25) is 0 Å². The van der Waals surface area contributed by atoms with Gasteiger partial charge in [-0.2, -0.15) is 0 Å². The Morgan fingerprint density at radius 2 is 0.667 bits per heavy atom. The van der Waals surface area contributed by atoms with E-state index in [0.29, 0.717) is 0 Å². The molecule has 0 spiro atoms. The molecule has 0 N–H and O–H groups in total. The molecule has 0 aliphatic carbocycles. The minimum atomic E-state index is 0. The minimum absolute atomic E-state index is 0. The molecule has 0 heterocycles. The van der Waals surface area contributed by atoms with Crippen molar-refractivity contribution >= 4 is 0 Å². The topological polar surface area (TPSA) is 85.5 Å². The quantitative estimate of drug-likeness (QED) is 0.533. The first-order valence-electron chi connectivity index (χ1n) is 0. The molecule has 0 saturated heterocycles. The van der Waals surface area contributed by atoms with Gasteiger partial charge in [-0.1, -0.05) is 0 Å². The SMILES string of the molecule is [Co].[Mo].[Ni].[O-2].[O-2].[O-2]. The molecule has 0 saturated carbocycles. The van der Waals surface area contributed by atoms with Crippen LogP contribution in [0.15, 0.2) is 0 Å². The van der Waals surface area contributed by atoms with E-state index in [9.17, 15) is 0 Å². The first-order valence-corrected chi connectivity index (χ1v) is 0. The van der Waals surface area contributed by atoms with Gasteiger partial charge >= 0.3 is 0 Å². The molecule has 0 aromatic rings. The van der Waals surface area contributed by atoms with E-state index >= 15 is 0 Å².